The number of nitrogens with zero attached hydrogens (tertiary/aromatic N) is 3. The lowest BCUT2D eigenvalue weighted by Gasteiger charge is -2.41. The third kappa shape index (κ3) is 5.12. The minimum atomic E-state index is -0.819. The molecule has 1 aliphatic heterocycles. The summed E-state index contributed by atoms with van der Waals surface area (Å²) in [5.41, 5.74) is 7.14. The molecule has 4 rings (SSSR count). The normalized spacial score (nSPS) is 15.7. The van der Waals surface area contributed by atoms with Gasteiger partial charge in [-0.2, -0.15) is 0 Å². The SMILES string of the molecule is CCN1C(=O)NC(Nc2ccc(-n3cc(C(N)=O)ccc3=O)cc2)N(Cc2ccc(Cl)cc2)C1=O. The molecule has 1 aromatic heterocycles. The summed E-state index contributed by atoms with van der Waals surface area (Å²) in [6.45, 7) is 2.18. The molecule has 3 aromatic rings. The second kappa shape index (κ2) is 9.90. The zero-order valence-electron chi connectivity index (χ0n) is 18.8. The fourth-order valence-corrected chi connectivity index (χ4v) is 3.80. The fraction of sp³-hybridized carbons (Fsp3) is 0.167. The quantitative estimate of drug-likeness (QED) is 0.465. The van der Waals surface area contributed by atoms with Crippen LogP contribution in [0.25, 0.3) is 5.69 Å². The first-order chi connectivity index (χ1) is 16.8. The number of nitrogens with two attached hydrogens (primary N) is 1. The first kappa shape index (κ1) is 23.8. The van der Waals surface area contributed by atoms with Gasteiger partial charge in [0.1, 0.15) is 0 Å². The van der Waals surface area contributed by atoms with E-state index < -0.39 is 24.3 Å². The van der Waals surface area contributed by atoms with Crippen molar-refractivity contribution in [3.63, 3.8) is 0 Å². The number of carbonyl (C=O) groups is 3. The van der Waals surface area contributed by atoms with E-state index in [0.717, 1.165) is 10.5 Å². The summed E-state index contributed by atoms with van der Waals surface area (Å²) in [7, 11) is 0. The van der Waals surface area contributed by atoms with Gasteiger partial charge in [-0.1, -0.05) is 23.7 Å². The van der Waals surface area contributed by atoms with Gasteiger partial charge >= 0.3 is 12.1 Å². The number of anilines is 1. The van der Waals surface area contributed by atoms with Crippen molar-refractivity contribution < 1.29 is 14.4 Å². The molecule has 11 heteroatoms. The maximum Gasteiger partial charge on any atom is 0.331 e. The van der Waals surface area contributed by atoms with Crippen LogP contribution < -0.4 is 21.9 Å². The Morgan fingerprint density at radius 1 is 1.03 bits per heavy atom. The van der Waals surface area contributed by atoms with E-state index in [2.05, 4.69) is 10.6 Å². The topological polar surface area (TPSA) is 130 Å². The number of rotatable bonds is 7. The lowest BCUT2D eigenvalue weighted by molar-refractivity contribution is 0.0998. The summed E-state index contributed by atoms with van der Waals surface area (Å²) in [5, 5.41) is 6.53. The van der Waals surface area contributed by atoms with Gasteiger partial charge < -0.3 is 11.1 Å². The summed E-state index contributed by atoms with van der Waals surface area (Å²) in [4.78, 5) is 51.9. The van der Waals surface area contributed by atoms with Gasteiger partial charge in [0.2, 0.25) is 5.91 Å². The lowest BCUT2D eigenvalue weighted by Crippen LogP contribution is -2.66. The molecule has 4 N–H and O–H groups in total. The maximum atomic E-state index is 13.1. The first-order valence-electron chi connectivity index (χ1n) is 10.8. The van der Waals surface area contributed by atoms with Crippen LogP contribution in [0.2, 0.25) is 5.02 Å². The molecule has 2 heterocycles. The van der Waals surface area contributed by atoms with E-state index in [-0.39, 0.29) is 24.2 Å². The molecule has 1 fully saturated rings. The Hall–Kier alpha value is -4.31. The van der Waals surface area contributed by atoms with Crippen LogP contribution in [-0.4, -0.2) is 45.2 Å². The number of benzene rings is 2. The Morgan fingerprint density at radius 3 is 2.34 bits per heavy atom. The number of hydrogen-bond acceptors (Lipinski definition) is 5. The number of amides is 5. The van der Waals surface area contributed by atoms with E-state index in [1.54, 1.807) is 43.3 Å². The van der Waals surface area contributed by atoms with Crippen LogP contribution in [0.5, 0.6) is 0 Å². The molecule has 180 valence electrons. The number of nitrogens with one attached hydrogen (secondary N) is 2. The number of carbonyl (C=O) groups excluding carboxylic acids is 3. The van der Waals surface area contributed by atoms with Crippen molar-refractivity contribution in [2.24, 2.45) is 5.73 Å². The van der Waals surface area contributed by atoms with Crippen LogP contribution in [0.1, 0.15) is 22.8 Å². The van der Waals surface area contributed by atoms with Gasteiger partial charge in [-0.05, 0) is 55.0 Å². The highest BCUT2D eigenvalue weighted by Gasteiger charge is 2.37. The van der Waals surface area contributed by atoms with Crippen molar-refractivity contribution in [1.29, 1.82) is 0 Å². The lowest BCUT2D eigenvalue weighted by atomic mass is 10.2. The Balaban J connectivity index is 1.58. The smallest absolute Gasteiger partial charge is 0.331 e. The third-order valence-corrected chi connectivity index (χ3v) is 5.77. The molecule has 35 heavy (non-hydrogen) atoms. The van der Waals surface area contributed by atoms with Crippen LogP contribution >= 0.6 is 11.6 Å². The minimum Gasteiger partial charge on any atom is -0.366 e. The predicted molar refractivity (Wildman–Crippen MR) is 131 cm³/mol. The van der Waals surface area contributed by atoms with E-state index in [4.69, 9.17) is 17.3 Å². The fourth-order valence-electron chi connectivity index (χ4n) is 3.67. The summed E-state index contributed by atoms with van der Waals surface area (Å²) in [5.74, 6) is -0.642. The standard InChI is InChI=1S/C24H23ClN6O4/c1-2-29-23(34)28-22(31(24(29)35)13-15-3-6-17(25)7-4-15)27-18-8-10-19(11-9-18)30-14-16(21(26)33)5-12-20(30)32/h3-12,14,22,27H,2,13H2,1H3,(H2,26,33)(H,28,34). The number of hydrogen-bond donors (Lipinski definition) is 3. The Bertz CT molecular complexity index is 1320. The summed E-state index contributed by atoms with van der Waals surface area (Å²) >= 11 is 5.97. The van der Waals surface area contributed by atoms with Crippen molar-refractivity contribution >= 4 is 35.3 Å². The Morgan fingerprint density at radius 2 is 1.71 bits per heavy atom. The van der Waals surface area contributed by atoms with Crippen molar-refractivity contribution in [3.8, 4) is 5.69 Å². The van der Waals surface area contributed by atoms with E-state index in [1.165, 1.54) is 27.8 Å². The van der Waals surface area contributed by atoms with E-state index in [1.807, 2.05) is 12.1 Å². The molecule has 0 radical (unpaired) electrons. The molecule has 1 unspecified atom stereocenters. The molecular formula is C24H23ClN6O4. The largest absolute Gasteiger partial charge is 0.366 e. The molecule has 1 aliphatic rings. The number of pyridine rings is 1. The number of imide groups is 1. The van der Waals surface area contributed by atoms with Crippen molar-refractivity contribution in [3.05, 3.63) is 93.4 Å². The highest BCUT2D eigenvalue weighted by Crippen LogP contribution is 2.20. The second-order valence-corrected chi connectivity index (χ2v) is 8.25. The highest BCUT2D eigenvalue weighted by atomic mass is 35.5. The third-order valence-electron chi connectivity index (χ3n) is 5.52. The zero-order valence-corrected chi connectivity index (χ0v) is 19.5. The molecule has 10 nitrogen and oxygen atoms in total. The predicted octanol–water partition coefficient (Wildman–Crippen LogP) is 2.95. The van der Waals surface area contributed by atoms with Crippen molar-refractivity contribution in [2.45, 2.75) is 19.8 Å². The zero-order chi connectivity index (χ0) is 25.1. The maximum absolute atomic E-state index is 13.1. The van der Waals surface area contributed by atoms with Crippen LogP contribution in [-0.2, 0) is 6.54 Å². The average molecular weight is 495 g/mol. The average Bonchev–Trinajstić information content (AvgIpc) is 2.84. The van der Waals surface area contributed by atoms with E-state index in [0.29, 0.717) is 16.4 Å². The number of primary amides is 1. The van der Waals surface area contributed by atoms with Crippen LogP contribution in [0.15, 0.2) is 71.7 Å². The number of urea groups is 2. The molecule has 5 amide bonds. The van der Waals surface area contributed by atoms with Gasteiger partial charge in [-0.25, -0.2) is 14.5 Å². The Labute approximate surface area is 205 Å². The molecule has 2 aromatic carbocycles. The summed E-state index contributed by atoms with van der Waals surface area (Å²) in [6, 6.07) is 15.5. The molecule has 0 aliphatic carbocycles. The van der Waals surface area contributed by atoms with Crippen molar-refractivity contribution in [1.82, 2.24) is 19.7 Å². The molecule has 0 bridgehead atoms. The van der Waals surface area contributed by atoms with Crippen LogP contribution in [0.4, 0.5) is 15.3 Å². The molecule has 1 atom stereocenters. The van der Waals surface area contributed by atoms with Gasteiger partial charge in [0.25, 0.3) is 5.56 Å². The molecular weight excluding hydrogens is 472 g/mol. The minimum absolute atomic E-state index is 0.202. The van der Waals surface area contributed by atoms with Crippen LogP contribution in [0, 0.1) is 0 Å². The van der Waals surface area contributed by atoms with Gasteiger partial charge in [-0.3, -0.25) is 24.4 Å². The highest BCUT2D eigenvalue weighted by molar-refractivity contribution is 6.30. The van der Waals surface area contributed by atoms with Gasteiger partial charge in [-0.15, -0.1) is 0 Å². The van der Waals surface area contributed by atoms with Gasteiger partial charge in [0.15, 0.2) is 6.29 Å². The Kier molecular flexibility index (Phi) is 6.74. The number of aromatic nitrogens is 1. The molecule has 0 spiro atoms. The van der Waals surface area contributed by atoms with Gasteiger partial charge in [0.05, 0.1) is 12.1 Å². The molecule has 1 saturated heterocycles. The first-order valence-corrected chi connectivity index (χ1v) is 11.2. The van der Waals surface area contributed by atoms with Crippen molar-refractivity contribution in [2.75, 3.05) is 11.9 Å². The van der Waals surface area contributed by atoms with E-state index >= 15 is 0 Å². The molecule has 0 saturated carbocycles. The second-order valence-electron chi connectivity index (χ2n) is 7.81. The van der Waals surface area contributed by atoms with Crippen LogP contribution in [0.3, 0.4) is 0 Å². The monoisotopic (exact) mass is 494 g/mol. The van der Waals surface area contributed by atoms with E-state index in [9.17, 15) is 19.2 Å². The summed E-state index contributed by atoms with van der Waals surface area (Å²) in [6.07, 6.45) is 0.556. The van der Waals surface area contributed by atoms with Gasteiger partial charge in [0, 0.05) is 35.2 Å². The summed E-state index contributed by atoms with van der Waals surface area (Å²) < 4.78 is 1.31. The number of halogens is 1.